The summed E-state index contributed by atoms with van der Waals surface area (Å²) in [6.45, 7) is 4.67. The van der Waals surface area contributed by atoms with E-state index in [0.717, 1.165) is 31.4 Å². The van der Waals surface area contributed by atoms with Gasteiger partial charge in [-0.05, 0) is 37.3 Å². The van der Waals surface area contributed by atoms with E-state index in [2.05, 4.69) is 17.6 Å². The summed E-state index contributed by atoms with van der Waals surface area (Å²) >= 11 is 0. The normalized spacial score (nSPS) is 20.4. The number of nitrogens with one attached hydrogen (secondary N) is 2. The Kier molecular flexibility index (Phi) is 6.21. The molecule has 3 atom stereocenters. The number of rotatable bonds is 6. The van der Waals surface area contributed by atoms with Gasteiger partial charge in [0.05, 0.1) is 24.8 Å². The third kappa shape index (κ3) is 4.45. The first-order valence-electron chi connectivity index (χ1n) is 8.02. The minimum absolute atomic E-state index is 0.0377. The SMILES string of the molecule is CCc1ccc(C(CO)NC(=O)NC(C)C2CCCO2)cc1. The van der Waals surface area contributed by atoms with Crippen LogP contribution < -0.4 is 10.6 Å². The maximum absolute atomic E-state index is 12.1. The number of amides is 2. The topological polar surface area (TPSA) is 70.6 Å². The zero-order valence-electron chi connectivity index (χ0n) is 13.3. The summed E-state index contributed by atoms with van der Waals surface area (Å²) in [5, 5.41) is 15.2. The van der Waals surface area contributed by atoms with Crippen molar-refractivity contribution < 1.29 is 14.6 Å². The molecule has 5 heteroatoms. The van der Waals surface area contributed by atoms with Crippen LogP contribution in [0.4, 0.5) is 4.79 Å². The Bertz CT molecular complexity index is 469. The summed E-state index contributed by atoms with van der Waals surface area (Å²) in [7, 11) is 0. The van der Waals surface area contributed by atoms with Crippen molar-refractivity contribution in [2.24, 2.45) is 0 Å². The van der Waals surface area contributed by atoms with Crippen LogP contribution in [0.1, 0.15) is 43.9 Å². The van der Waals surface area contributed by atoms with Gasteiger partial charge in [0.15, 0.2) is 0 Å². The first-order valence-corrected chi connectivity index (χ1v) is 8.02. The van der Waals surface area contributed by atoms with E-state index in [1.54, 1.807) is 0 Å². The second-order valence-electron chi connectivity index (χ2n) is 5.79. The molecule has 1 aliphatic rings. The lowest BCUT2D eigenvalue weighted by Crippen LogP contribution is -2.47. The van der Waals surface area contributed by atoms with Gasteiger partial charge in [0.2, 0.25) is 0 Å². The fraction of sp³-hybridized carbons (Fsp3) is 0.588. The number of urea groups is 1. The van der Waals surface area contributed by atoms with Gasteiger partial charge in [-0.25, -0.2) is 4.79 Å². The molecular formula is C17H26N2O3. The fourth-order valence-corrected chi connectivity index (χ4v) is 2.72. The van der Waals surface area contributed by atoms with Crippen molar-refractivity contribution in [1.29, 1.82) is 0 Å². The van der Waals surface area contributed by atoms with Crippen molar-refractivity contribution in [1.82, 2.24) is 10.6 Å². The third-order valence-corrected chi connectivity index (χ3v) is 4.16. The molecule has 0 aromatic heterocycles. The highest BCUT2D eigenvalue weighted by Gasteiger charge is 2.24. The molecule has 1 saturated heterocycles. The van der Waals surface area contributed by atoms with E-state index >= 15 is 0 Å². The highest BCUT2D eigenvalue weighted by molar-refractivity contribution is 5.74. The standard InChI is InChI=1S/C17H26N2O3/c1-3-13-6-8-14(9-7-13)15(11-20)19-17(21)18-12(2)16-5-4-10-22-16/h6-9,12,15-16,20H,3-5,10-11H2,1-2H3,(H2,18,19,21). The number of ether oxygens (including phenoxy) is 1. The van der Waals surface area contributed by atoms with Crippen molar-refractivity contribution in [2.45, 2.75) is 51.3 Å². The quantitative estimate of drug-likeness (QED) is 0.754. The van der Waals surface area contributed by atoms with Crippen molar-refractivity contribution >= 4 is 6.03 Å². The predicted molar refractivity (Wildman–Crippen MR) is 85.8 cm³/mol. The van der Waals surface area contributed by atoms with Gasteiger partial charge in [0.25, 0.3) is 0 Å². The van der Waals surface area contributed by atoms with E-state index in [-0.39, 0.29) is 24.8 Å². The second-order valence-corrected chi connectivity index (χ2v) is 5.79. The Morgan fingerprint density at radius 3 is 2.64 bits per heavy atom. The number of carbonyl (C=O) groups is 1. The molecule has 0 saturated carbocycles. The number of aryl methyl sites for hydroxylation is 1. The maximum atomic E-state index is 12.1. The van der Waals surface area contributed by atoms with Crippen molar-refractivity contribution in [3.8, 4) is 0 Å². The van der Waals surface area contributed by atoms with Gasteiger partial charge >= 0.3 is 6.03 Å². The van der Waals surface area contributed by atoms with E-state index in [0.29, 0.717) is 0 Å². The number of hydrogen-bond acceptors (Lipinski definition) is 3. The Labute approximate surface area is 132 Å². The molecule has 3 unspecified atom stereocenters. The smallest absolute Gasteiger partial charge is 0.315 e. The highest BCUT2D eigenvalue weighted by atomic mass is 16.5. The highest BCUT2D eigenvalue weighted by Crippen LogP contribution is 2.16. The van der Waals surface area contributed by atoms with Gasteiger partial charge in [-0.3, -0.25) is 0 Å². The molecule has 3 N–H and O–H groups in total. The van der Waals surface area contributed by atoms with Crippen LogP contribution in [0, 0.1) is 0 Å². The zero-order valence-corrected chi connectivity index (χ0v) is 13.3. The molecular weight excluding hydrogens is 280 g/mol. The zero-order chi connectivity index (χ0) is 15.9. The van der Waals surface area contributed by atoms with Crippen LogP contribution in [0.25, 0.3) is 0 Å². The van der Waals surface area contributed by atoms with Gasteiger partial charge in [-0.2, -0.15) is 0 Å². The molecule has 2 rings (SSSR count). The van der Waals surface area contributed by atoms with Crippen molar-refractivity contribution in [3.63, 3.8) is 0 Å². The third-order valence-electron chi connectivity index (χ3n) is 4.16. The van der Waals surface area contributed by atoms with Gasteiger partial charge < -0.3 is 20.5 Å². The predicted octanol–water partition coefficient (Wildman–Crippen LogP) is 2.15. The molecule has 1 aromatic rings. The summed E-state index contributed by atoms with van der Waals surface area (Å²) in [6, 6.07) is 7.22. The van der Waals surface area contributed by atoms with Gasteiger partial charge in [-0.1, -0.05) is 31.2 Å². The number of carbonyl (C=O) groups excluding carboxylic acids is 1. The lowest BCUT2D eigenvalue weighted by molar-refractivity contribution is 0.0856. The number of aliphatic hydroxyl groups excluding tert-OH is 1. The summed E-state index contributed by atoms with van der Waals surface area (Å²) < 4.78 is 5.57. The molecule has 5 nitrogen and oxygen atoms in total. The Morgan fingerprint density at radius 2 is 2.09 bits per heavy atom. The molecule has 0 bridgehead atoms. The van der Waals surface area contributed by atoms with Gasteiger partial charge in [0, 0.05) is 6.61 Å². The van der Waals surface area contributed by atoms with Crippen molar-refractivity contribution in [3.05, 3.63) is 35.4 Å². The second kappa shape index (κ2) is 8.15. The monoisotopic (exact) mass is 306 g/mol. The van der Waals surface area contributed by atoms with E-state index < -0.39 is 6.04 Å². The summed E-state index contributed by atoms with van der Waals surface area (Å²) in [5.74, 6) is 0. The van der Waals surface area contributed by atoms with Crippen LogP contribution in [0.3, 0.4) is 0 Å². The summed E-state index contributed by atoms with van der Waals surface area (Å²) in [4.78, 5) is 12.1. The van der Waals surface area contributed by atoms with Crippen LogP contribution in [0.5, 0.6) is 0 Å². The molecule has 22 heavy (non-hydrogen) atoms. The average Bonchev–Trinajstić information content (AvgIpc) is 3.07. The molecule has 0 radical (unpaired) electrons. The van der Waals surface area contributed by atoms with Crippen LogP contribution in [-0.2, 0) is 11.2 Å². The van der Waals surface area contributed by atoms with E-state index in [1.807, 2.05) is 31.2 Å². The molecule has 1 heterocycles. The van der Waals surface area contributed by atoms with E-state index in [9.17, 15) is 9.90 Å². The summed E-state index contributed by atoms with van der Waals surface area (Å²) in [6.07, 6.45) is 3.07. The molecule has 0 aliphatic carbocycles. The van der Waals surface area contributed by atoms with Gasteiger partial charge in [0.1, 0.15) is 0 Å². The van der Waals surface area contributed by atoms with E-state index in [4.69, 9.17) is 4.74 Å². The molecule has 1 aromatic carbocycles. The number of hydrogen-bond donors (Lipinski definition) is 3. The van der Waals surface area contributed by atoms with Crippen LogP contribution in [-0.4, -0.2) is 36.5 Å². The van der Waals surface area contributed by atoms with Gasteiger partial charge in [-0.15, -0.1) is 0 Å². The lowest BCUT2D eigenvalue weighted by Gasteiger charge is -2.23. The minimum atomic E-state index is -0.400. The first-order chi connectivity index (χ1) is 10.6. The molecule has 122 valence electrons. The Morgan fingerprint density at radius 1 is 1.36 bits per heavy atom. The molecule has 0 spiro atoms. The molecule has 2 amide bonds. The lowest BCUT2D eigenvalue weighted by atomic mass is 10.0. The first kappa shape index (κ1) is 16.8. The molecule has 1 aliphatic heterocycles. The average molecular weight is 306 g/mol. The maximum Gasteiger partial charge on any atom is 0.315 e. The van der Waals surface area contributed by atoms with Crippen LogP contribution in [0.15, 0.2) is 24.3 Å². The minimum Gasteiger partial charge on any atom is -0.394 e. The summed E-state index contributed by atoms with van der Waals surface area (Å²) in [5.41, 5.74) is 2.14. The number of benzene rings is 1. The number of aliphatic hydroxyl groups is 1. The van der Waals surface area contributed by atoms with Crippen molar-refractivity contribution in [2.75, 3.05) is 13.2 Å². The molecule has 1 fully saturated rings. The van der Waals surface area contributed by atoms with Crippen LogP contribution >= 0.6 is 0 Å². The fourth-order valence-electron chi connectivity index (χ4n) is 2.72. The Balaban J connectivity index is 1.89. The Hall–Kier alpha value is -1.59. The van der Waals surface area contributed by atoms with Crippen LogP contribution in [0.2, 0.25) is 0 Å². The van der Waals surface area contributed by atoms with E-state index in [1.165, 1.54) is 5.56 Å². The largest absolute Gasteiger partial charge is 0.394 e.